The average Bonchev–Trinajstić information content (AvgIpc) is 2.95. The van der Waals surface area contributed by atoms with E-state index in [1.54, 1.807) is 32.9 Å². The zero-order valence-corrected chi connectivity index (χ0v) is 15.4. The first-order valence-electron chi connectivity index (χ1n) is 8.27. The molecule has 0 spiro atoms. The van der Waals surface area contributed by atoms with Crippen molar-refractivity contribution >= 4 is 11.8 Å². The van der Waals surface area contributed by atoms with E-state index in [0.717, 1.165) is 6.20 Å². The Morgan fingerprint density at radius 1 is 1.41 bits per heavy atom. The summed E-state index contributed by atoms with van der Waals surface area (Å²) < 4.78 is 27.0. The summed E-state index contributed by atoms with van der Waals surface area (Å²) in [5.41, 5.74) is 6.11. The van der Waals surface area contributed by atoms with Crippen LogP contribution in [-0.4, -0.2) is 36.4 Å². The number of alkyl halides is 2. The molecule has 0 saturated heterocycles. The van der Waals surface area contributed by atoms with E-state index >= 15 is 0 Å². The van der Waals surface area contributed by atoms with E-state index < -0.39 is 24.2 Å². The van der Waals surface area contributed by atoms with Crippen molar-refractivity contribution in [2.45, 2.75) is 45.3 Å². The average molecular weight is 379 g/mol. The van der Waals surface area contributed by atoms with E-state index in [9.17, 15) is 18.7 Å². The SMILES string of the molecule is C=CCC(c1cncc(-c2c(N)cnn2C(F)F)c1)N(C(=O)O)C(C)(C)C. The van der Waals surface area contributed by atoms with Crippen molar-refractivity contribution in [1.29, 1.82) is 0 Å². The topological polar surface area (TPSA) is 97.3 Å². The van der Waals surface area contributed by atoms with Crippen molar-refractivity contribution < 1.29 is 18.7 Å². The van der Waals surface area contributed by atoms with Crippen molar-refractivity contribution in [2.24, 2.45) is 0 Å². The molecule has 0 bridgehead atoms. The van der Waals surface area contributed by atoms with Crippen LogP contribution in [0, 0.1) is 0 Å². The Morgan fingerprint density at radius 2 is 2.07 bits per heavy atom. The van der Waals surface area contributed by atoms with Gasteiger partial charge in [-0.2, -0.15) is 13.9 Å². The lowest BCUT2D eigenvalue weighted by molar-refractivity contribution is 0.0585. The molecule has 2 aromatic rings. The van der Waals surface area contributed by atoms with E-state index in [0.29, 0.717) is 22.2 Å². The fourth-order valence-electron chi connectivity index (χ4n) is 3.03. The summed E-state index contributed by atoms with van der Waals surface area (Å²) in [6.45, 7) is 6.16. The quantitative estimate of drug-likeness (QED) is 0.729. The van der Waals surface area contributed by atoms with E-state index in [4.69, 9.17) is 5.73 Å². The minimum Gasteiger partial charge on any atom is -0.465 e. The van der Waals surface area contributed by atoms with Crippen molar-refractivity contribution in [3.8, 4) is 11.3 Å². The number of pyridine rings is 1. The number of rotatable bonds is 6. The third-order valence-corrected chi connectivity index (χ3v) is 4.06. The van der Waals surface area contributed by atoms with Gasteiger partial charge in [-0.3, -0.25) is 9.88 Å². The maximum atomic E-state index is 13.2. The van der Waals surface area contributed by atoms with Gasteiger partial charge >= 0.3 is 12.6 Å². The number of aromatic nitrogens is 3. The standard InChI is InChI=1S/C18H23F2N5O2/c1-5-6-14(24(17(26)27)18(2,3)4)11-7-12(9-22-8-11)15-13(21)10-23-25(15)16(19)20/h5,7-10,14,16H,1,6,21H2,2-4H3,(H,26,27). The fourth-order valence-corrected chi connectivity index (χ4v) is 3.03. The molecule has 0 aromatic carbocycles. The molecule has 1 unspecified atom stereocenters. The summed E-state index contributed by atoms with van der Waals surface area (Å²) in [6.07, 6.45) is 4.89. The molecule has 0 saturated carbocycles. The van der Waals surface area contributed by atoms with Crippen molar-refractivity contribution in [3.63, 3.8) is 0 Å². The normalized spacial score (nSPS) is 12.8. The summed E-state index contributed by atoms with van der Waals surface area (Å²) >= 11 is 0. The number of nitrogens with zero attached hydrogens (tertiary/aromatic N) is 4. The fraction of sp³-hybridized carbons (Fsp3) is 0.389. The Hall–Kier alpha value is -2.97. The van der Waals surface area contributed by atoms with Gasteiger partial charge in [0.25, 0.3) is 0 Å². The molecule has 7 nitrogen and oxygen atoms in total. The number of anilines is 1. The summed E-state index contributed by atoms with van der Waals surface area (Å²) in [5.74, 6) is 0. The van der Waals surface area contributed by atoms with Gasteiger partial charge in [0, 0.05) is 23.5 Å². The summed E-state index contributed by atoms with van der Waals surface area (Å²) in [5, 5.41) is 13.3. The van der Waals surface area contributed by atoms with Crippen LogP contribution in [0.1, 0.15) is 45.3 Å². The molecule has 0 aliphatic carbocycles. The second-order valence-corrected chi connectivity index (χ2v) is 7.04. The molecule has 3 N–H and O–H groups in total. The van der Waals surface area contributed by atoms with Crippen molar-refractivity contribution in [1.82, 2.24) is 19.7 Å². The van der Waals surface area contributed by atoms with Crippen LogP contribution in [0.3, 0.4) is 0 Å². The molecule has 0 aliphatic heterocycles. The van der Waals surface area contributed by atoms with Crippen LogP contribution in [0.15, 0.2) is 37.3 Å². The molecule has 1 atom stereocenters. The molecule has 0 fully saturated rings. The molecule has 9 heteroatoms. The van der Waals surface area contributed by atoms with Crippen LogP contribution in [0.25, 0.3) is 11.3 Å². The number of amides is 1. The highest BCUT2D eigenvalue weighted by atomic mass is 19.3. The lowest BCUT2D eigenvalue weighted by Crippen LogP contribution is -2.47. The molecule has 2 heterocycles. The molecule has 2 aromatic heterocycles. The van der Waals surface area contributed by atoms with Gasteiger partial charge in [-0.1, -0.05) is 6.08 Å². The Labute approximate surface area is 156 Å². The molecule has 146 valence electrons. The number of nitrogen functional groups attached to an aromatic ring is 1. The summed E-state index contributed by atoms with van der Waals surface area (Å²) in [4.78, 5) is 17.3. The highest BCUT2D eigenvalue weighted by Gasteiger charge is 2.34. The first-order chi connectivity index (χ1) is 12.6. The Morgan fingerprint density at radius 3 is 2.59 bits per heavy atom. The smallest absolute Gasteiger partial charge is 0.408 e. The molecule has 1 amide bonds. The van der Waals surface area contributed by atoms with Gasteiger partial charge in [0.2, 0.25) is 0 Å². The summed E-state index contributed by atoms with van der Waals surface area (Å²) in [6, 6.07) is 1.02. The van der Waals surface area contributed by atoms with Crippen LogP contribution < -0.4 is 5.73 Å². The van der Waals surface area contributed by atoms with E-state index in [2.05, 4.69) is 16.7 Å². The van der Waals surface area contributed by atoms with Crippen molar-refractivity contribution in [3.05, 3.63) is 42.9 Å². The predicted molar refractivity (Wildman–Crippen MR) is 98.3 cm³/mol. The Bertz CT molecular complexity index is 829. The first kappa shape index (κ1) is 20.3. The van der Waals surface area contributed by atoms with E-state index in [1.165, 1.54) is 17.3 Å². The largest absolute Gasteiger partial charge is 0.465 e. The van der Waals surface area contributed by atoms with Crippen LogP contribution in [0.2, 0.25) is 0 Å². The number of nitrogens with two attached hydrogens (primary N) is 1. The zero-order valence-electron chi connectivity index (χ0n) is 15.4. The van der Waals surface area contributed by atoms with E-state index in [1.807, 2.05) is 0 Å². The Balaban J connectivity index is 2.58. The lowest BCUT2D eigenvalue weighted by atomic mass is 9.96. The van der Waals surface area contributed by atoms with Crippen LogP contribution in [-0.2, 0) is 0 Å². The predicted octanol–water partition coefficient (Wildman–Crippen LogP) is 4.32. The van der Waals surface area contributed by atoms with Gasteiger partial charge in [-0.15, -0.1) is 6.58 Å². The van der Waals surface area contributed by atoms with Gasteiger partial charge in [0.05, 0.1) is 23.6 Å². The monoisotopic (exact) mass is 379 g/mol. The van der Waals surface area contributed by atoms with Gasteiger partial charge in [-0.05, 0) is 38.8 Å². The molecular formula is C18H23F2N5O2. The minimum absolute atomic E-state index is 0.0364. The number of carbonyl (C=O) groups is 1. The van der Waals surface area contributed by atoms with Gasteiger partial charge < -0.3 is 10.8 Å². The van der Waals surface area contributed by atoms with Gasteiger partial charge in [0.1, 0.15) is 0 Å². The molecule has 2 rings (SSSR count). The zero-order chi connectivity index (χ0) is 20.4. The number of halogens is 2. The van der Waals surface area contributed by atoms with Gasteiger partial charge in [-0.25, -0.2) is 9.48 Å². The van der Waals surface area contributed by atoms with Crippen LogP contribution in [0.5, 0.6) is 0 Å². The lowest BCUT2D eigenvalue weighted by Gasteiger charge is -2.39. The second-order valence-electron chi connectivity index (χ2n) is 7.04. The van der Waals surface area contributed by atoms with Gasteiger partial charge in [0.15, 0.2) is 0 Å². The number of carboxylic acid groups (broad SMARTS) is 1. The highest BCUT2D eigenvalue weighted by Crippen LogP contribution is 2.35. The maximum Gasteiger partial charge on any atom is 0.408 e. The second kappa shape index (κ2) is 7.73. The number of hydrogen-bond acceptors (Lipinski definition) is 4. The van der Waals surface area contributed by atoms with Crippen LogP contribution >= 0.6 is 0 Å². The van der Waals surface area contributed by atoms with E-state index in [-0.39, 0.29) is 11.4 Å². The molecule has 27 heavy (non-hydrogen) atoms. The highest BCUT2D eigenvalue weighted by molar-refractivity contribution is 5.73. The number of hydrogen-bond donors (Lipinski definition) is 2. The maximum absolute atomic E-state index is 13.2. The third kappa shape index (κ3) is 4.24. The van der Waals surface area contributed by atoms with Crippen LogP contribution in [0.4, 0.5) is 19.3 Å². The molecule has 0 radical (unpaired) electrons. The molecule has 0 aliphatic rings. The third-order valence-electron chi connectivity index (χ3n) is 4.06. The van der Waals surface area contributed by atoms with Crippen molar-refractivity contribution in [2.75, 3.05) is 5.73 Å². The molecular weight excluding hydrogens is 356 g/mol. The first-order valence-corrected chi connectivity index (χ1v) is 8.27. The Kier molecular flexibility index (Phi) is 5.82. The minimum atomic E-state index is -2.87. The summed E-state index contributed by atoms with van der Waals surface area (Å²) in [7, 11) is 0.